The van der Waals surface area contributed by atoms with E-state index in [1.54, 1.807) is 0 Å². The zero-order valence-electron chi connectivity index (χ0n) is 11.3. The fraction of sp³-hybridized carbons (Fsp3) is 0.588. The molecule has 0 aliphatic heterocycles. The van der Waals surface area contributed by atoms with Crippen LogP contribution in [0.4, 0.5) is 4.39 Å². The first-order valence-corrected chi connectivity index (χ1v) is 7.31. The van der Waals surface area contributed by atoms with Crippen LogP contribution >= 0.6 is 0 Å². The number of benzene rings is 1. The number of hydrogen-bond donors (Lipinski definition) is 0. The van der Waals surface area contributed by atoms with Crippen molar-refractivity contribution in [2.75, 3.05) is 6.67 Å². The lowest BCUT2D eigenvalue weighted by atomic mass is 9.51. The quantitative estimate of drug-likeness (QED) is 0.792. The number of carbonyl (C=O) groups is 1. The van der Waals surface area contributed by atoms with Crippen LogP contribution in [0.25, 0.3) is 0 Å². The zero-order chi connectivity index (χ0) is 13.3. The van der Waals surface area contributed by atoms with Gasteiger partial charge >= 0.3 is 0 Å². The molecule has 3 fully saturated rings. The van der Waals surface area contributed by atoms with E-state index < -0.39 is 6.67 Å². The fourth-order valence-electron chi connectivity index (χ4n) is 4.22. The van der Waals surface area contributed by atoms with Crippen molar-refractivity contribution in [2.45, 2.75) is 50.4 Å². The van der Waals surface area contributed by atoms with E-state index in [-0.39, 0.29) is 11.2 Å². The van der Waals surface area contributed by atoms with Crippen LogP contribution in [0, 0.1) is 5.41 Å². The second kappa shape index (κ2) is 4.73. The normalized spacial score (nSPS) is 33.3. The smallest absolute Gasteiger partial charge is 0.164 e. The number of hydrogen-bond acceptors (Lipinski definition) is 1. The van der Waals surface area contributed by atoms with Crippen molar-refractivity contribution in [1.29, 1.82) is 0 Å². The molecule has 0 amide bonds. The minimum atomic E-state index is -0.786. The van der Waals surface area contributed by atoms with E-state index in [0.717, 1.165) is 38.5 Å². The highest BCUT2D eigenvalue weighted by atomic mass is 19.1. The second-order valence-electron chi connectivity index (χ2n) is 6.50. The molecule has 1 nitrogen and oxygen atoms in total. The molecule has 0 unspecified atom stereocenters. The summed E-state index contributed by atoms with van der Waals surface area (Å²) in [6, 6.07) is 10.8. The van der Waals surface area contributed by atoms with E-state index in [2.05, 4.69) is 30.3 Å². The Morgan fingerprint density at radius 2 is 1.58 bits per heavy atom. The first kappa shape index (κ1) is 12.8. The average molecular weight is 260 g/mol. The molecule has 3 aliphatic rings. The summed E-state index contributed by atoms with van der Waals surface area (Å²) in [4.78, 5) is 11.4. The Hall–Kier alpha value is -1.18. The van der Waals surface area contributed by atoms with Crippen molar-refractivity contribution >= 4 is 5.78 Å². The molecule has 102 valence electrons. The third-order valence-electron chi connectivity index (χ3n) is 5.51. The Morgan fingerprint density at radius 1 is 1.00 bits per heavy atom. The molecule has 1 aromatic rings. The van der Waals surface area contributed by atoms with Gasteiger partial charge in [-0.2, -0.15) is 0 Å². The fourth-order valence-corrected chi connectivity index (χ4v) is 4.22. The van der Waals surface area contributed by atoms with Crippen LogP contribution in [-0.4, -0.2) is 12.5 Å². The molecule has 0 spiro atoms. The molecule has 1 aromatic carbocycles. The highest BCUT2D eigenvalue weighted by molar-refractivity contribution is 5.80. The van der Waals surface area contributed by atoms with E-state index in [4.69, 9.17) is 0 Å². The highest BCUT2D eigenvalue weighted by Gasteiger charge is 2.49. The minimum Gasteiger partial charge on any atom is -0.297 e. The van der Waals surface area contributed by atoms with Gasteiger partial charge in [0.1, 0.15) is 6.67 Å². The Labute approximate surface area is 114 Å². The monoisotopic (exact) mass is 260 g/mol. The van der Waals surface area contributed by atoms with E-state index in [0.29, 0.717) is 11.8 Å². The summed E-state index contributed by atoms with van der Waals surface area (Å²) in [7, 11) is 0. The average Bonchev–Trinajstić information content (AvgIpc) is 2.49. The third-order valence-corrected chi connectivity index (χ3v) is 5.51. The lowest BCUT2D eigenvalue weighted by molar-refractivity contribution is -0.124. The molecule has 0 N–H and O–H groups in total. The van der Waals surface area contributed by atoms with Gasteiger partial charge in [0, 0.05) is 6.42 Å². The van der Waals surface area contributed by atoms with Crippen molar-refractivity contribution in [3.63, 3.8) is 0 Å². The Kier molecular flexibility index (Phi) is 3.20. The van der Waals surface area contributed by atoms with Crippen molar-refractivity contribution in [3.8, 4) is 0 Å². The molecule has 2 bridgehead atoms. The van der Waals surface area contributed by atoms with E-state index in [1.807, 2.05) is 0 Å². The van der Waals surface area contributed by atoms with Crippen molar-refractivity contribution in [1.82, 2.24) is 0 Å². The van der Waals surface area contributed by atoms with Crippen molar-refractivity contribution in [3.05, 3.63) is 35.9 Å². The van der Waals surface area contributed by atoms with E-state index in [1.165, 1.54) is 5.56 Å². The van der Waals surface area contributed by atoms with E-state index in [9.17, 15) is 9.18 Å². The first-order valence-electron chi connectivity index (χ1n) is 7.31. The van der Waals surface area contributed by atoms with Crippen LogP contribution < -0.4 is 0 Å². The number of rotatable bonds is 4. The van der Waals surface area contributed by atoms with Gasteiger partial charge in [-0.1, -0.05) is 30.3 Å². The van der Waals surface area contributed by atoms with Gasteiger partial charge in [-0.15, -0.1) is 0 Å². The largest absolute Gasteiger partial charge is 0.297 e. The summed E-state index contributed by atoms with van der Waals surface area (Å²) in [5.41, 5.74) is 1.92. The van der Waals surface area contributed by atoms with Gasteiger partial charge in [0.15, 0.2) is 5.78 Å². The molecule has 3 saturated carbocycles. The minimum absolute atomic E-state index is 0.125. The summed E-state index contributed by atoms with van der Waals surface area (Å²) in [6.45, 7) is -0.786. The number of halogens is 1. The van der Waals surface area contributed by atoms with Gasteiger partial charge in [-0.05, 0) is 54.9 Å². The molecular formula is C17H21FO. The molecule has 0 radical (unpaired) electrons. The van der Waals surface area contributed by atoms with Gasteiger partial charge in [-0.3, -0.25) is 4.79 Å². The Balaban J connectivity index is 1.76. The number of carbonyl (C=O) groups excluding carboxylic acids is 1. The maximum Gasteiger partial charge on any atom is 0.164 e. The van der Waals surface area contributed by atoms with Gasteiger partial charge in [0.25, 0.3) is 0 Å². The van der Waals surface area contributed by atoms with E-state index >= 15 is 0 Å². The number of fused-ring (bicyclic) bond motifs is 3. The van der Waals surface area contributed by atoms with Gasteiger partial charge < -0.3 is 0 Å². The zero-order valence-corrected chi connectivity index (χ0v) is 11.3. The van der Waals surface area contributed by atoms with Crippen LogP contribution in [0.5, 0.6) is 0 Å². The molecule has 2 heteroatoms. The second-order valence-corrected chi connectivity index (χ2v) is 6.50. The lowest BCUT2D eigenvalue weighted by Gasteiger charge is -2.53. The molecule has 0 heterocycles. The predicted octanol–water partition coefficient (Wildman–Crippen LogP) is 4.21. The molecule has 0 atom stereocenters. The molecule has 19 heavy (non-hydrogen) atoms. The first-order chi connectivity index (χ1) is 9.18. The SMILES string of the molecule is O=C(CF)CC12CCC(c3ccccc3)(CC1)CC2. The Morgan fingerprint density at radius 3 is 2.11 bits per heavy atom. The number of alkyl halides is 1. The predicted molar refractivity (Wildman–Crippen MR) is 73.9 cm³/mol. The summed E-state index contributed by atoms with van der Waals surface area (Å²) >= 11 is 0. The molecule has 0 saturated heterocycles. The van der Waals surface area contributed by atoms with Crippen LogP contribution in [0.1, 0.15) is 50.5 Å². The topological polar surface area (TPSA) is 17.1 Å². The summed E-state index contributed by atoms with van der Waals surface area (Å²) in [5, 5.41) is 0. The van der Waals surface area contributed by atoms with Gasteiger partial charge in [-0.25, -0.2) is 4.39 Å². The van der Waals surface area contributed by atoms with Crippen LogP contribution in [0.3, 0.4) is 0 Å². The maximum absolute atomic E-state index is 12.5. The number of ketones is 1. The van der Waals surface area contributed by atoms with Crippen molar-refractivity contribution in [2.24, 2.45) is 5.41 Å². The van der Waals surface area contributed by atoms with Gasteiger partial charge in [0.2, 0.25) is 0 Å². The molecular weight excluding hydrogens is 239 g/mol. The van der Waals surface area contributed by atoms with Gasteiger partial charge in [0.05, 0.1) is 0 Å². The highest BCUT2D eigenvalue weighted by Crippen LogP contribution is 2.59. The molecule has 3 aliphatic carbocycles. The van der Waals surface area contributed by atoms with Crippen molar-refractivity contribution < 1.29 is 9.18 Å². The Bertz CT molecular complexity index is 441. The number of Topliss-reactive ketones (excluding diaryl/α,β-unsaturated/α-hetero) is 1. The van der Waals surface area contributed by atoms with Crippen LogP contribution in [0.2, 0.25) is 0 Å². The maximum atomic E-state index is 12.5. The summed E-state index contributed by atoms with van der Waals surface area (Å²) in [5.74, 6) is -0.200. The van der Waals surface area contributed by atoms with Crippen LogP contribution in [-0.2, 0) is 10.2 Å². The third kappa shape index (κ3) is 2.22. The lowest BCUT2D eigenvalue weighted by Crippen LogP contribution is -2.45. The summed E-state index contributed by atoms with van der Waals surface area (Å²) in [6.07, 6.45) is 7.23. The standard InChI is InChI=1S/C17H21FO/c18-13-15(19)12-16-6-9-17(10-7-16,11-8-16)14-4-2-1-3-5-14/h1-5H,6-13H2. The molecule has 0 aromatic heterocycles. The summed E-state index contributed by atoms with van der Waals surface area (Å²) < 4.78 is 12.5. The van der Waals surface area contributed by atoms with Crippen LogP contribution in [0.15, 0.2) is 30.3 Å². The molecule has 4 rings (SSSR count).